The maximum absolute atomic E-state index is 8.13. The van der Waals surface area contributed by atoms with E-state index in [2.05, 4.69) is 0 Å². The minimum absolute atomic E-state index is 0. The van der Waals surface area contributed by atoms with Gasteiger partial charge >= 0.3 is 0 Å². The maximum atomic E-state index is 8.13. The van der Waals surface area contributed by atoms with Crippen LogP contribution in [0.3, 0.4) is 0 Å². The van der Waals surface area contributed by atoms with Gasteiger partial charge in [0.15, 0.2) is 0 Å². The average molecular weight is 135 g/mol. The fourth-order valence-corrected chi connectivity index (χ4v) is 0.149. The van der Waals surface area contributed by atoms with Crippen molar-refractivity contribution in [1.82, 2.24) is 0 Å². The molecule has 0 spiro atoms. The number of hydrogen-bond donors (Lipinski definition) is 1. The van der Waals surface area contributed by atoms with Gasteiger partial charge in [-0.2, -0.15) is 5.26 Å². The molecule has 0 aromatic heterocycles. The fourth-order valence-electron chi connectivity index (χ4n) is 0.149. The summed E-state index contributed by atoms with van der Waals surface area (Å²) in [5, 5.41) is 8.13. The van der Waals surface area contributed by atoms with E-state index in [0.717, 1.165) is 0 Å². The second kappa shape index (κ2) is 4.89. The van der Waals surface area contributed by atoms with E-state index in [4.69, 9.17) is 11.0 Å². The summed E-state index contributed by atoms with van der Waals surface area (Å²) >= 11 is 0. The molecule has 0 aliphatic carbocycles. The van der Waals surface area contributed by atoms with Crippen LogP contribution in [0.25, 0.3) is 0 Å². The topological polar surface area (TPSA) is 49.8 Å². The summed E-state index contributed by atoms with van der Waals surface area (Å²) in [5.41, 5.74) is 5.25. The van der Waals surface area contributed by atoms with Crippen LogP contribution in [0.2, 0.25) is 0 Å². The highest BCUT2D eigenvalue weighted by atomic mass is 35.5. The van der Waals surface area contributed by atoms with Gasteiger partial charge in [0.25, 0.3) is 0 Å². The maximum Gasteiger partial charge on any atom is 0.0951 e. The number of nitrogens with zero attached hydrogens (tertiary/aromatic N) is 1. The van der Waals surface area contributed by atoms with Crippen molar-refractivity contribution in [3.63, 3.8) is 0 Å². The molecule has 0 radical (unpaired) electrons. The van der Waals surface area contributed by atoms with E-state index in [9.17, 15) is 0 Å². The Morgan fingerprint density at radius 3 is 1.88 bits per heavy atom. The lowest BCUT2D eigenvalue weighted by molar-refractivity contribution is 0.580. The Morgan fingerprint density at radius 2 is 1.88 bits per heavy atom. The summed E-state index contributed by atoms with van der Waals surface area (Å²) in [6.07, 6.45) is 0. The van der Waals surface area contributed by atoms with Crippen LogP contribution in [0.15, 0.2) is 0 Å². The lowest BCUT2D eigenvalue weighted by Crippen LogP contribution is -2.23. The van der Waals surface area contributed by atoms with Crippen LogP contribution in [0, 0.1) is 17.2 Å². The third-order valence-corrected chi connectivity index (χ3v) is 0.867. The summed E-state index contributed by atoms with van der Waals surface area (Å²) in [6, 6.07) is 1.65. The molecular weight excluding hydrogens is 124 g/mol. The molecule has 1 atom stereocenters. The van der Waals surface area contributed by atoms with Crippen molar-refractivity contribution in [2.45, 2.75) is 19.9 Å². The first-order valence-corrected chi connectivity index (χ1v) is 2.33. The van der Waals surface area contributed by atoms with Crippen molar-refractivity contribution >= 4 is 12.4 Å². The van der Waals surface area contributed by atoms with Crippen molar-refractivity contribution in [3.05, 3.63) is 0 Å². The highest BCUT2D eigenvalue weighted by molar-refractivity contribution is 5.85. The standard InChI is InChI=1S/C5H10N2.ClH/c1-4(2)5(7)3-6;/h4-5H,7H2,1-2H3;1H/t5-;/m0./s1. The fraction of sp³-hybridized carbons (Fsp3) is 0.800. The molecular formula is C5H11ClN2. The van der Waals surface area contributed by atoms with E-state index in [1.807, 2.05) is 19.9 Å². The molecule has 0 unspecified atom stereocenters. The van der Waals surface area contributed by atoms with Crippen molar-refractivity contribution in [1.29, 1.82) is 5.26 Å². The van der Waals surface area contributed by atoms with Crippen LogP contribution in [0.1, 0.15) is 13.8 Å². The molecule has 48 valence electrons. The zero-order chi connectivity index (χ0) is 5.86. The monoisotopic (exact) mass is 134 g/mol. The van der Waals surface area contributed by atoms with Crippen LogP contribution in [0.4, 0.5) is 0 Å². The second-order valence-corrected chi connectivity index (χ2v) is 1.90. The molecule has 0 aliphatic heterocycles. The molecule has 0 saturated heterocycles. The van der Waals surface area contributed by atoms with Crippen LogP contribution in [-0.4, -0.2) is 6.04 Å². The molecule has 0 amide bonds. The molecule has 0 rings (SSSR count). The predicted octanol–water partition coefficient (Wildman–Crippen LogP) is 0.915. The zero-order valence-electron chi connectivity index (χ0n) is 5.09. The smallest absolute Gasteiger partial charge is 0.0951 e. The highest BCUT2D eigenvalue weighted by Crippen LogP contribution is 1.93. The van der Waals surface area contributed by atoms with Crippen LogP contribution >= 0.6 is 12.4 Å². The number of nitriles is 1. The lowest BCUT2D eigenvalue weighted by atomic mass is 10.1. The third-order valence-electron chi connectivity index (χ3n) is 0.867. The number of nitrogens with two attached hydrogens (primary N) is 1. The van der Waals surface area contributed by atoms with Gasteiger partial charge in [-0.25, -0.2) is 0 Å². The van der Waals surface area contributed by atoms with Gasteiger partial charge in [0.1, 0.15) is 0 Å². The summed E-state index contributed by atoms with van der Waals surface area (Å²) in [4.78, 5) is 0. The Morgan fingerprint density at radius 1 is 1.50 bits per heavy atom. The van der Waals surface area contributed by atoms with Crippen LogP contribution < -0.4 is 5.73 Å². The van der Waals surface area contributed by atoms with Crippen molar-refractivity contribution in [3.8, 4) is 6.07 Å². The normalized spacial score (nSPS) is 11.9. The van der Waals surface area contributed by atoms with Crippen molar-refractivity contribution < 1.29 is 0 Å². The number of rotatable bonds is 1. The van der Waals surface area contributed by atoms with E-state index < -0.39 is 0 Å². The van der Waals surface area contributed by atoms with Gasteiger partial charge in [-0.1, -0.05) is 13.8 Å². The average Bonchev–Trinajstić information content (AvgIpc) is 1.65. The van der Waals surface area contributed by atoms with E-state index in [-0.39, 0.29) is 24.4 Å². The predicted molar refractivity (Wildman–Crippen MR) is 35.7 cm³/mol. The highest BCUT2D eigenvalue weighted by Gasteiger charge is 2.02. The van der Waals surface area contributed by atoms with E-state index in [1.54, 1.807) is 0 Å². The molecule has 0 fully saturated rings. The van der Waals surface area contributed by atoms with Crippen molar-refractivity contribution in [2.75, 3.05) is 0 Å². The Balaban J connectivity index is 0. The molecule has 2 nitrogen and oxygen atoms in total. The molecule has 2 N–H and O–H groups in total. The summed E-state index contributed by atoms with van der Waals surface area (Å²) < 4.78 is 0. The van der Waals surface area contributed by atoms with Gasteiger partial charge in [-0.15, -0.1) is 12.4 Å². The molecule has 0 bridgehead atoms. The molecule has 0 aliphatic rings. The summed E-state index contributed by atoms with van der Waals surface area (Å²) in [6.45, 7) is 3.85. The van der Waals surface area contributed by atoms with Crippen LogP contribution in [-0.2, 0) is 0 Å². The lowest BCUT2D eigenvalue weighted by Gasteiger charge is -2.02. The van der Waals surface area contributed by atoms with Gasteiger partial charge in [0, 0.05) is 0 Å². The Kier molecular flexibility index (Phi) is 6.52. The molecule has 0 heterocycles. The first-order chi connectivity index (χ1) is 3.18. The molecule has 8 heavy (non-hydrogen) atoms. The minimum atomic E-state index is -0.292. The van der Waals surface area contributed by atoms with Gasteiger partial charge < -0.3 is 5.73 Å². The van der Waals surface area contributed by atoms with E-state index in [1.165, 1.54) is 0 Å². The van der Waals surface area contributed by atoms with Crippen LogP contribution in [0.5, 0.6) is 0 Å². The van der Waals surface area contributed by atoms with Gasteiger partial charge in [0.2, 0.25) is 0 Å². The SMILES string of the molecule is CC(C)[C@@H](N)C#N.Cl. The third kappa shape index (κ3) is 3.91. The largest absolute Gasteiger partial charge is 0.316 e. The summed E-state index contributed by atoms with van der Waals surface area (Å²) in [5.74, 6) is 0.282. The second-order valence-electron chi connectivity index (χ2n) is 1.90. The molecule has 0 aromatic rings. The van der Waals surface area contributed by atoms with Gasteiger partial charge in [-0.3, -0.25) is 0 Å². The Labute approximate surface area is 56.1 Å². The first kappa shape index (κ1) is 10.7. The zero-order valence-corrected chi connectivity index (χ0v) is 5.90. The van der Waals surface area contributed by atoms with E-state index in [0.29, 0.717) is 0 Å². The Bertz CT molecular complexity index is 84.9. The van der Waals surface area contributed by atoms with Crippen molar-refractivity contribution in [2.24, 2.45) is 11.7 Å². The molecule has 0 aromatic carbocycles. The quantitative estimate of drug-likeness (QED) is 0.580. The molecule has 3 heteroatoms. The van der Waals surface area contributed by atoms with E-state index >= 15 is 0 Å². The van der Waals surface area contributed by atoms with Gasteiger partial charge in [0.05, 0.1) is 12.1 Å². The molecule has 0 saturated carbocycles. The number of hydrogen-bond acceptors (Lipinski definition) is 2. The Hall–Kier alpha value is -0.260. The number of halogens is 1. The van der Waals surface area contributed by atoms with Gasteiger partial charge in [-0.05, 0) is 5.92 Å². The summed E-state index contributed by atoms with van der Waals surface area (Å²) in [7, 11) is 0. The first-order valence-electron chi connectivity index (χ1n) is 2.33. The minimum Gasteiger partial charge on any atom is -0.316 e.